The van der Waals surface area contributed by atoms with Gasteiger partial charge in [0.05, 0.1) is 5.92 Å². The van der Waals surface area contributed by atoms with Gasteiger partial charge < -0.3 is 20.1 Å². The quantitative estimate of drug-likeness (QED) is 0.691. The highest BCUT2D eigenvalue weighted by Crippen LogP contribution is 2.44. The Balaban J connectivity index is 1.32. The predicted octanol–water partition coefficient (Wildman–Crippen LogP) is 3.63. The number of nitrogens with zero attached hydrogens (tertiary/aromatic N) is 1. The number of benzene rings is 2. The molecule has 0 aromatic heterocycles. The minimum Gasteiger partial charge on any atom is -0.481 e. The molecule has 7 heteroatoms. The van der Waals surface area contributed by atoms with Crippen LogP contribution < -0.4 is 5.32 Å². The van der Waals surface area contributed by atoms with E-state index in [0.29, 0.717) is 19.4 Å². The third-order valence-corrected chi connectivity index (χ3v) is 6.47. The smallest absolute Gasteiger partial charge is 0.407 e. The molecule has 2 unspecified atom stereocenters. The van der Waals surface area contributed by atoms with Crippen LogP contribution in [0.3, 0.4) is 0 Å². The maximum Gasteiger partial charge on any atom is 0.407 e. The summed E-state index contributed by atoms with van der Waals surface area (Å²) in [7, 11) is 0. The van der Waals surface area contributed by atoms with Crippen molar-refractivity contribution in [2.75, 3.05) is 19.7 Å². The molecule has 2 aromatic rings. The number of carbonyl (C=O) groups excluding carboxylic acids is 2. The number of fused-ring (bicyclic) bond motifs is 3. The molecule has 2 N–H and O–H groups in total. The number of aliphatic carboxylic acids is 1. The van der Waals surface area contributed by atoms with E-state index in [1.54, 1.807) is 4.90 Å². The fraction of sp³-hybridized carbons (Fsp3) is 0.400. The first-order chi connectivity index (χ1) is 15.5. The highest BCUT2D eigenvalue weighted by molar-refractivity contribution is 5.80. The number of carboxylic acid groups (broad SMARTS) is 1. The molecule has 0 radical (unpaired) electrons. The van der Waals surface area contributed by atoms with Crippen LogP contribution in [0.4, 0.5) is 4.79 Å². The van der Waals surface area contributed by atoms with Crippen LogP contribution in [0, 0.1) is 5.92 Å². The van der Waals surface area contributed by atoms with E-state index in [4.69, 9.17) is 9.84 Å². The summed E-state index contributed by atoms with van der Waals surface area (Å²) in [5.74, 6) is -1.54. The van der Waals surface area contributed by atoms with E-state index in [0.717, 1.165) is 11.1 Å². The van der Waals surface area contributed by atoms with Gasteiger partial charge in [0.25, 0.3) is 0 Å². The molecule has 2 aliphatic rings. The lowest BCUT2D eigenvalue weighted by Crippen LogP contribution is -2.40. The number of hydrogen-bond acceptors (Lipinski definition) is 4. The van der Waals surface area contributed by atoms with Crippen LogP contribution in [0.2, 0.25) is 0 Å². The van der Waals surface area contributed by atoms with Crippen molar-refractivity contribution in [3.8, 4) is 11.1 Å². The molecule has 1 fully saturated rings. The van der Waals surface area contributed by atoms with Crippen LogP contribution >= 0.6 is 0 Å². The van der Waals surface area contributed by atoms with Crippen molar-refractivity contribution in [1.82, 2.24) is 10.2 Å². The molecule has 0 spiro atoms. The molecular formula is C25H28N2O5. The van der Waals surface area contributed by atoms with E-state index in [1.807, 2.05) is 31.2 Å². The molecule has 2 aromatic carbocycles. The number of alkyl carbamates (subject to hydrolysis) is 1. The molecule has 168 valence electrons. The molecule has 1 heterocycles. The first-order valence-corrected chi connectivity index (χ1v) is 11.1. The predicted molar refractivity (Wildman–Crippen MR) is 119 cm³/mol. The summed E-state index contributed by atoms with van der Waals surface area (Å²) in [6.07, 6.45) is 0.632. The van der Waals surface area contributed by atoms with Crippen molar-refractivity contribution in [1.29, 1.82) is 0 Å². The Bertz CT molecular complexity index is 975. The number of ether oxygens (including phenoxy) is 1. The van der Waals surface area contributed by atoms with E-state index >= 15 is 0 Å². The lowest BCUT2D eigenvalue weighted by Gasteiger charge is -2.22. The van der Waals surface area contributed by atoms with E-state index in [1.165, 1.54) is 11.1 Å². The highest BCUT2D eigenvalue weighted by Gasteiger charge is 2.32. The van der Waals surface area contributed by atoms with Gasteiger partial charge in [-0.3, -0.25) is 9.59 Å². The maximum absolute atomic E-state index is 12.5. The zero-order valence-electron chi connectivity index (χ0n) is 18.1. The van der Waals surface area contributed by atoms with Crippen molar-refractivity contribution in [3.05, 3.63) is 59.7 Å². The SMILES string of the molecule is CCC(CC(=O)N1CCC(C(=O)O)C1)NC(=O)OCC1c2ccccc2-c2ccccc21. The van der Waals surface area contributed by atoms with Crippen molar-refractivity contribution >= 4 is 18.0 Å². The summed E-state index contributed by atoms with van der Waals surface area (Å²) in [6, 6.07) is 15.9. The third-order valence-electron chi connectivity index (χ3n) is 6.47. The zero-order valence-corrected chi connectivity index (χ0v) is 18.1. The van der Waals surface area contributed by atoms with Crippen LogP contribution in [0.5, 0.6) is 0 Å². The van der Waals surface area contributed by atoms with Crippen molar-refractivity contribution in [2.45, 2.75) is 38.1 Å². The number of hydrogen-bond donors (Lipinski definition) is 2. The van der Waals surface area contributed by atoms with Gasteiger partial charge in [0.1, 0.15) is 6.61 Å². The third kappa shape index (κ3) is 4.47. The molecule has 2 atom stereocenters. The van der Waals surface area contributed by atoms with Gasteiger partial charge >= 0.3 is 12.1 Å². The minimum atomic E-state index is -0.871. The van der Waals surface area contributed by atoms with Gasteiger partial charge in [-0.05, 0) is 35.1 Å². The van der Waals surface area contributed by atoms with Crippen LogP contribution in [-0.2, 0) is 14.3 Å². The standard InChI is InChI=1S/C25H28N2O5/c1-2-17(13-23(28)27-12-11-16(14-27)24(29)30)26-25(31)32-15-22-20-9-5-3-7-18(20)19-8-4-6-10-21(19)22/h3-10,16-17,22H,2,11-15H2,1H3,(H,26,31)(H,29,30). The average molecular weight is 437 g/mol. The van der Waals surface area contributed by atoms with E-state index in [2.05, 4.69) is 29.6 Å². The Hall–Kier alpha value is -3.35. The van der Waals surface area contributed by atoms with Gasteiger partial charge in [-0.15, -0.1) is 0 Å². The topological polar surface area (TPSA) is 95.9 Å². The second-order valence-corrected chi connectivity index (χ2v) is 8.44. The summed E-state index contributed by atoms with van der Waals surface area (Å²) in [5, 5.41) is 11.9. The number of likely N-dealkylation sites (tertiary alicyclic amines) is 1. The summed E-state index contributed by atoms with van der Waals surface area (Å²) in [6.45, 7) is 2.79. The second kappa shape index (κ2) is 9.42. The Morgan fingerprint density at radius 3 is 2.28 bits per heavy atom. The molecule has 1 saturated heterocycles. The van der Waals surface area contributed by atoms with Crippen LogP contribution in [0.1, 0.15) is 43.2 Å². The normalized spacial score (nSPS) is 18.0. The Morgan fingerprint density at radius 2 is 1.72 bits per heavy atom. The number of carboxylic acids is 1. The lowest BCUT2D eigenvalue weighted by molar-refractivity contribution is -0.141. The van der Waals surface area contributed by atoms with E-state index in [9.17, 15) is 14.4 Å². The fourth-order valence-electron chi connectivity index (χ4n) is 4.63. The van der Waals surface area contributed by atoms with Gasteiger partial charge in [-0.1, -0.05) is 55.5 Å². The number of rotatable bonds is 7. The largest absolute Gasteiger partial charge is 0.481 e. The maximum atomic E-state index is 12.5. The molecular weight excluding hydrogens is 408 g/mol. The molecule has 2 amide bonds. The van der Waals surface area contributed by atoms with Crippen molar-refractivity contribution in [2.24, 2.45) is 5.92 Å². The number of nitrogens with one attached hydrogen (secondary N) is 1. The summed E-state index contributed by atoms with van der Waals surface area (Å²) in [5.41, 5.74) is 4.62. The first-order valence-electron chi connectivity index (χ1n) is 11.1. The Labute approximate surface area is 187 Å². The molecule has 1 aliphatic heterocycles. The van der Waals surface area contributed by atoms with Gasteiger partial charge in [0.15, 0.2) is 0 Å². The van der Waals surface area contributed by atoms with Crippen LogP contribution in [0.15, 0.2) is 48.5 Å². The minimum absolute atomic E-state index is 0.0209. The Morgan fingerprint density at radius 1 is 1.09 bits per heavy atom. The van der Waals surface area contributed by atoms with Gasteiger partial charge in [-0.2, -0.15) is 0 Å². The lowest BCUT2D eigenvalue weighted by atomic mass is 9.98. The molecule has 7 nitrogen and oxygen atoms in total. The molecule has 0 bridgehead atoms. The first kappa shape index (κ1) is 21.9. The molecule has 0 saturated carbocycles. The van der Waals surface area contributed by atoms with E-state index in [-0.39, 0.29) is 37.4 Å². The van der Waals surface area contributed by atoms with E-state index < -0.39 is 18.0 Å². The van der Waals surface area contributed by atoms with Crippen molar-refractivity contribution in [3.63, 3.8) is 0 Å². The summed E-state index contributed by atoms with van der Waals surface area (Å²) < 4.78 is 5.57. The molecule has 1 aliphatic carbocycles. The number of carbonyl (C=O) groups is 3. The fourth-order valence-corrected chi connectivity index (χ4v) is 4.63. The molecule has 32 heavy (non-hydrogen) atoms. The second-order valence-electron chi connectivity index (χ2n) is 8.44. The van der Waals surface area contributed by atoms with Crippen LogP contribution in [0.25, 0.3) is 11.1 Å². The summed E-state index contributed by atoms with van der Waals surface area (Å²) >= 11 is 0. The summed E-state index contributed by atoms with van der Waals surface area (Å²) in [4.78, 5) is 37.7. The zero-order chi connectivity index (χ0) is 22.7. The van der Waals surface area contributed by atoms with Gasteiger partial charge in [0.2, 0.25) is 5.91 Å². The highest BCUT2D eigenvalue weighted by atomic mass is 16.5. The van der Waals surface area contributed by atoms with Gasteiger partial charge in [0, 0.05) is 31.5 Å². The van der Waals surface area contributed by atoms with Gasteiger partial charge in [-0.25, -0.2) is 4.79 Å². The Kier molecular flexibility index (Phi) is 6.44. The average Bonchev–Trinajstić information content (AvgIpc) is 3.41. The molecule has 4 rings (SSSR count). The van der Waals surface area contributed by atoms with Crippen molar-refractivity contribution < 1.29 is 24.2 Å². The number of amides is 2. The van der Waals surface area contributed by atoms with Crippen LogP contribution in [-0.4, -0.2) is 53.7 Å². The monoisotopic (exact) mass is 436 g/mol.